The Hall–Kier alpha value is -0.470. The second-order valence-electron chi connectivity index (χ2n) is 5.13. The summed E-state index contributed by atoms with van der Waals surface area (Å²) in [6.45, 7) is 4.29. The lowest BCUT2D eigenvalue weighted by molar-refractivity contribution is 0.163. The van der Waals surface area contributed by atoms with Crippen molar-refractivity contribution in [3.63, 3.8) is 0 Å². The zero-order valence-corrected chi connectivity index (χ0v) is 11.6. The van der Waals surface area contributed by atoms with Gasteiger partial charge in [0.25, 0.3) is 0 Å². The first kappa shape index (κ1) is 13.0. The summed E-state index contributed by atoms with van der Waals surface area (Å²) in [4.78, 5) is 1.34. The number of aliphatic hydroxyl groups excluding tert-OH is 1. The molecule has 2 unspecified atom stereocenters. The normalized spacial score (nSPS) is 25.6. The number of aryl methyl sites for hydroxylation is 2. The zero-order chi connectivity index (χ0) is 12.3. The minimum absolute atomic E-state index is 0.123. The summed E-state index contributed by atoms with van der Waals surface area (Å²) in [5.74, 6) is 0. The van der Waals surface area contributed by atoms with Gasteiger partial charge in [0, 0.05) is 10.1 Å². The van der Waals surface area contributed by atoms with Gasteiger partial charge in [0.1, 0.15) is 0 Å². The number of hydrogen-bond donors (Lipinski definition) is 1. The Morgan fingerprint density at radius 1 is 1.12 bits per heavy atom. The fraction of sp³-hybridized carbons (Fsp3) is 0.600. The molecule has 0 radical (unpaired) electrons. The SMILES string of the molecule is Cc1ccc(C)c(SC2CCCCCC2O)c1. The smallest absolute Gasteiger partial charge is 0.0662 e. The summed E-state index contributed by atoms with van der Waals surface area (Å²) in [6.07, 6.45) is 5.73. The van der Waals surface area contributed by atoms with Crippen molar-refractivity contribution in [3.05, 3.63) is 29.3 Å². The number of hydrogen-bond acceptors (Lipinski definition) is 2. The van der Waals surface area contributed by atoms with Crippen LogP contribution in [-0.2, 0) is 0 Å². The maximum Gasteiger partial charge on any atom is 0.0662 e. The monoisotopic (exact) mass is 250 g/mol. The van der Waals surface area contributed by atoms with Gasteiger partial charge in [-0.25, -0.2) is 0 Å². The van der Waals surface area contributed by atoms with Gasteiger partial charge in [-0.2, -0.15) is 0 Å². The Labute approximate surface area is 109 Å². The van der Waals surface area contributed by atoms with Crippen molar-refractivity contribution in [2.24, 2.45) is 0 Å². The van der Waals surface area contributed by atoms with Crippen molar-refractivity contribution in [3.8, 4) is 0 Å². The van der Waals surface area contributed by atoms with Gasteiger partial charge in [-0.05, 0) is 38.3 Å². The summed E-state index contributed by atoms with van der Waals surface area (Å²) in [5, 5.41) is 10.5. The molecule has 1 N–H and O–H groups in total. The lowest BCUT2D eigenvalue weighted by atomic mass is 10.1. The quantitative estimate of drug-likeness (QED) is 0.798. The predicted octanol–water partition coefficient (Wildman–Crippen LogP) is 4.09. The minimum atomic E-state index is -0.123. The van der Waals surface area contributed by atoms with Crippen LogP contribution in [0.1, 0.15) is 43.2 Å². The van der Waals surface area contributed by atoms with Gasteiger partial charge in [0.05, 0.1) is 6.10 Å². The predicted molar refractivity (Wildman–Crippen MR) is 74.7 cm³/mol. The first-order valence-electron chi connectivity index (χ1n) is 6.59. The summed E-state index contributed by atoms with van der Waals surface area (Å²) in [6, 6.07) is 6.58. The van der Waals surface area contributed by atoms with Crippen molar-refractivity contribution in [2.45, 2.75) is 62.2 Å². The molecule has 2 heteroatoms. The average molecular weight is 250 g/mol. The third-order valence-electron chi connectivity index (χ3n) is 3.54. The summed E-state index contributed by atoms with van der Waals surface area (Å²) < 4.78 is 0. The van der Waals surface area contributed by atoms with Crippen molar-refractivity contribution < 1.29 is 5.11 Å². The number of thioether (sulfide) groups is 1. The standard InChI is InChI=1S/C15H22OS/c1-11-8-9-12(2)15(10-11)17-14-7-5-3-4-6-13(14)16/h8-10,13-14,16H,3-7H2,1-2H3. The lowest BCUT2D eigenvalue weighted by Crippen LogP contribution is -2.21. The molecule has 1 aliphatic carbocycles. The summed E-state index contributed by atoms with van der Waals surface area (Å²) in [7, 11) is 0. The third kappa shape index (κ3) is 3.49. The molecule has 0 amide bonds. The molecule has 0 aromatic heterocycles. The number of aliphatic hydroxyl groups is 1. The van der Waals surface area contributed by atoms with E-state index in [0.29, 0.717) is 5.25 Å². The van der Waals surface area contributed by atoms with Crippen LogP contribution in [0.3, 0.4) is 0 Å². The van der Waals surface area contributed by atoms with Gasteiger partial charge in [0.2, 0.25) is 0 Å². The average Bonchev–Trinajstić information content (AvgIpc) is 2.50. The Morgan fingerprint density at radius 3 is 2.71 bits per heavy atom. The van der Waals surface area contributed by atoms with Crippen LogP contribution in [0.4, 0.5) is 0 Å². The Kier molecular flexibility index (Phi) is 4.52. The molecule has 17 heavy (non-hydrogen) atoms. The molecule has 0 saturated heterocycles. The van der Waals surface area contributed by atoms with Gasteiger partial charge in [-0.15, -0.1) is 11.8 Å². The first-order valence-corrected chi connectivity index (χ1v) is 7.47. The van der Waals surface area contributed by atoms with E-state index >= 15 is 0 Å². The second-order valence-corrected chi connectivity index (χ2v) is 6.41. The zero-order valence-electron chi connectivity index (χ0n) is 10.8. The minimum Gasteiger partial charge on any atom is -0.392 e. The molecule has 1 nitrogen and oxygen atoms in total. The molecule has 1 aromatic rings. The van der Waals surface area contributed by atoms with E-state index in [9.17, 15) is 5.11 Å². The Bertz CT molecular complexity index is 375. The molecule has 2 rings (SSSR count). The van der Waals surface area contributed by atoms with Crippen LogP contribution in [0, 0.1) is 13.8 Å². The maximum atomic E-state index is 10.1. The lowest BCUT2D eigenvalue weighted by Gasteiger charge is -2.20. The van der Waals surface area contributed by atoms with E-state index < -0.39 is 0 Å². The van der Waals surface area contributed by atoms with Gasteiger partial charge >= 0.3 is 0 Å². The number of benzene rings is 1. The molecule has 0 bridgehead atoms. The van der Waals surface area contributed by atoms with E-state index in [1.54, 1.807) is 0 Å². The van der Waals surface area contributed by atoms with Crippen LogP contribution in [-0.4, -0.2) is 16.5 Å². The Balaban J connectivity index is 2.10. The third-order valence-corrected chi connectivity index (χ3v) is 5.09. The summed E-state index contributed by atoms with van der Waals surface area (Å²) >= 11 is 1.88. The molecule has 94 valence electrons. The molecule has 1 saturated carbocycles. The van der Waals surface area contributed by atoms with Crippen LogP contribution in [0.2, 0.25) is 0 Å². The largest absolute Gasteiger partial charge is 0.392 e. The molecular weight excluding hydrogens is 228 g/mol. The highest BCUT2D eigenvalue weighted by atomic mass is 32.2. The van der Waals surface area contributed by atoms with Crippen LogP contribution in [0.25, 0.3) is 0 Å². The van der Waals surface area contributed by atoms with Gasteiger partial charge in [0.15, 0.2) is 0 Å². The molecule has 0 aliphatic heterocycles. The summed E-state index contributed by atoms with van der Waals surface area (Å²) in [5.41, 5.74) is 2.64. The molecule has 1 aromatic carbocycles. The van der Waals surface area contributed by atoms with Crippen molar-refractivity contribution in [1.82, 2.24) is 0 Å². The van der Waals surface area contributed by atoms with E-state index in [4.69, 9.17) is 0 Å². The molecular formula is C15H22OS. The van der Waals surface area contributed by atoms with Gasteiger partial charge in [-0.3, -0.25) is 0 Å². The van der Waals surface area contributed by atoms with Crippen molar-refractivity contribution in [2.75, 3.05) is 0 Å². The van der Waals surface area contributed by atoms with Gasteiger partial charge in [-0.1, -0.05) is 37.0 Å². The molecule has 1 aliphatic rings. The molecule has 0 spiro atoms. The molecule has 0 heterocycles. The molecule has 1 fully saturated rings. The molecule has 2 atom stereocenters. The van der Waals surface area contributed by atoms with Gasteiger partial charge < -0.3 is 5.11 Å². The van der Waals surface area contributed by atoms with Crippen molar-refractivity contribution >= 4 is 11.8 Å². The van der Waals surface area contributed by atoms with E-state index in [1.807, 2.05) is 11.8 Å². The van der Waals surface area contributed by atoms with E-state index in [2.05, 4.69) is 32.0 Å². The fourth-order valence-electron chi connectivity index (χ4n) is 2.39. The van der Waals surface area contributed by atoms with Crippen LogP contribution >= 0.6 is 11.8 Å². The Morgan fingerprint density at radius 2 is 1.88 bits per heavy atom. The highest BCUT2D eigenvalue weighted by Gasteiger charge is 2.22. The highest BCUT2D eigenvalue weighted by Crippen LogP contribution is 2.35. The van der Waals surface area contributed by atoms with Crippen LogP contribution < -0.4 is 0 Å². The maximum absolute atomic E-state index is 10.1. The number of rotatable bonds is 2. The van der Waals surface area contributed by atoms with Crippen LogP contribution in [0.5, 0.6) is 0 Å². The second kappa shape index (κ2) is 5.92. The van der Waals surface area contributed by atoms with Crippen molar-refractivity contribution in [1.29, 1.82) is 0 Å². The van der Waals surface area contributed by atoms with E-state index in [0.717, 1.165) is 12.8 Å². The first-order chi connectivity index (χ1) is 8.16. The topological polar surface area (TPSA) is 20.2 Å². The van der Waals surface area contributed by atoms with E-state index in [1.165, 1.54) is 35.3 Å². The van der Waals surface area contributed by atoms with E-state index in [-0.39, 0.29) is 6.10 Å². The highest BCUT2D eigenvalue weighted by molar-refractivity contribution is 8.00. The van der Waals surface area contributed by atoms with Crippen LogP contribution in [0.15, 0.2) is 23.1 Å². The fourth-order valence-corrected chi connectivity index (χ4v) is 3.80.